The van der Waals surface area contributed by atoms with Gasteiger partial charge in [-0.3, -0.25) is 9.69 Å². The van der Waals surface area contributed by atoms with E-state index in [1.54, 1.807) is 6.07 Å². The highest BCUT2D eigenvalue weighted by Gasteiger charge is 2.28. The lowest BCUT2D eigenvalue weighted by Crippen LogP contribution is -2.43. The molecule has 4 heterocycles. The fraction of sp³-hybridized carbons (Fsp3) is 0.800. The van der Waals surface area contributed by atoms with E-state index in [9.17, 15) is 9.90 Å². The molecule has 3 fully saturated rings. The Morgan fingerprint density at radius 1 is 1.07 bits per heavy atom. The van der Waals surface area contributed by atoms with Gasteiger partial charge >= 0.3 is 0 Å². The lowest BCUT2D eigenvalue weighted by molar-refractivity contribution is 0.0636. The molecule has 3 saturated heterocycles. The van der Waals surface area contributed by atoms with Crippen LogP contribution in [0.15, 0.2) is 10.6 Å². The zero-order chi connectivity index (χ0) is 18.6. The Kier molecular flexibility index (Phi) is 6.10. The normalized spacial score (nSPS) is 26.0. The second-order valence-corrected chi connectivity index (χ2v) is 8.45. The summed E-state index contributed by atoms with van der Waals surface area (Å²) < 4.78 is 5.43. The highest BCUT2D eigenvalue weighted by molar-refractivity contribution is 5.92. The lowest BCUT2D eigenvalue weighted by Gasteiger charge is -2.34. The fourth-order valence-electron chi connectivity index (χ4n) is 4.68. The van der Waals surface area contributed by atoms with Crippen LogP contribution >= 0.6 is 0 Å². The van der Waals surface area contributed by atoms with Crippen molar-refractivity contribution in [1.82, 2.24) is 19.9 Å². The molecule has 7 heteroatoms. The Morgan fingerprint density at radius 3 is 2.63 bits per heavy atom. The highest BCUT2D eigenvalue weighted by Crippen LogP contribution is 2.22. The first kappa shape index (κ1) is 18.9. The van der Waals surface area contributed by atoms with Crippen LogP contribution in [0.4, 0.5) is 0 Å². The van der Waals surface area contributed by atoms with Crippen LogP contribution in [0, 0.1) is 5.92 Å². The number of hydrogen-bond acceptors (Lipinski definition) is 6. The molecular formula is C20H32N4O3. The maximum Gasteiger partial charge on any atom is 0.276 e. The minimum atomic E-state index is -0.180. The van der Waals surface area contributed by atoms with Crippen molar-refractivity contribution in [3.63, 3.8) is 0 Å². The van der Waals surface area contributed by atoms with Gasteiger partial charge in [-0.25, -0.2) is 0 Å². The fourth-order valence-corrected chi connectivity index (χ4v) is 4.68. The number of rotatable bonds is 5. The van der Waals surface area contributed by atoms with Crippen LogP contribution in [-0.4, -0.2) is 82.8 Å². The molecule has 0 saturated carbocycles. The summed E-state index contributed by atoms with van der Waals surface area (Å²) in [5, 5.41) is 13.7. The Balaban J connectivity index is 1.30. The van der Waals surface area contributed by atoms with Crippen molar-refractivity contribution in [2.24, 2.45) is 5.92 Å². The van der Waals surface area contributed by atoms with E-state index in [-0.39, 0.29) is 12.0 Å². The first-order chi connectivity index (χ1) is 13.2. The van der Waals surface area contributed by atoms with E-state index in [4.69, 9.17) is 4.52 Å². The van der Waals surface area contributed by atoms with Gasteiger partial charge in [0, 0.05) is 38.8 Å². The van der Waals surface area contributed by atoms with Crippen LogP contribution in [0.5, 0.6) is 0 Å². The average molecular weight is 377 g/mol. The van der Waals surface area contributed by atoms with Crippen molar-refractivity contribution in [3.8, 4) is 0 Å². The number of amides is 1. The van der Waals surface area contributed by atoms with Crippen LogP contribution in [0.1, 0.15) is 54.8 Å². The predicted octanol–water partition coefficient (Wildman–Crippen LogP) is 1.58. The van der Waals surface area contributed by atoms with Crippen LogP contribution in [0.25, 0.3) is 0 Å². The third-order valence-electron chi connectivity index (χ3n) is 6.24. The molecule has 1 N–H and O–H groups in total. The Labute approximate surface area is 161 Å². The molecule has 0 aliphatic carbocycles. The monoisotopic (exact) mass is 376 g/mol. The van der Waals surface area contributed by atoms with Gasteiger partial charge in [0.25, 0.3) is 5.91 Å². The number of carbonyl (C=O) groups is 1. The Hall–Kier alpha value is -1.44. The summed E-state index contributed by atoms with van der Waals surface area (Å²) in [5.41, 5.74) is 0.434. The van der Waals surface area contributed by atoms with Crippen LogP contribution in [0.2, 0.25) is 0 Å². The summed E-state index contributed by atoms with van der Waals surface area (Å²) in [6, 6.07) is 1.80. The van der Waals surface area contributed by atoms with Crippen LogP contribution in [0.3, 0.4) is 0 Å². The molecule has 1 aromatic heterocycles. The number of carbonyl (C=O) groups excluding carboxylic acids is 1. The number of likely N-dealkylation sites (tertiary alicyclic amines) is 3. The van der Waals surface area contributed by atoms with Crippen molar-refractivity contribution >= 4 is 5.91 Å². The van der Waals surface area contributed by atoms with Gasteiger partial charge in [-0.1, -0.05) is 5.16 Å². The van der Waals surface area contributed by atoms with Crippen LogP contribution < -0.4 is 0 Å². The second-order valence-electron chi connectivity index (χ2n) is 8.45. The second kappa shape index (κ2) is 8.71. The van der Waals surface area contributed by atoms with Crippen molar-refractivity contribution < 1.29 is 14.4 Å². The molecule has 1 aromatic rings. The maximum atomic E-state index is 12.9. The number of nitrogens with zero attached hydrogens (tertiary/aromatic N) is 4. The van der Waals surface area contributed by atoms with Gasteiger partial charge in [-0.2, -0.15) is 0 Å². The topological polar surface area (TPSA) is 73.0 Å². The minimum Gasteiger partial charge on any atom is -0.393 e. The van der Waals surface area contributed by atoms with E-state index >= 15 is 0 Å². The average Bonchev–Trinajstić information content (AvgIpc) is 3.35. The van der Waals surface area contributed by atoms with E-state index < -0.39 is 0 Å². The first-order valence-corrected chi connectivity index (χ1v) is 10.5. The maximum absolute atomic E-state index is 12.9. The van der Waals surface area contributed by atoms with Gasteiger partial charge in [0.05, 0.1) is 12.6 Å². The molecule has 0 unspecified atom stereocenters. The Morgan fingerprint density at radius 2 is 1.85 bits per heavy atom. The number of aliphatic hydroxyl groups is 1. The van der Waals surface area contributed by atoms with E-state index in [0.717, 1.165) is 57.7 Å². The molecular weight excluding hydrogens is 344 g/mol. The third kappa shape index (κ3) is 4.89. The molecule has 0 spiro atoms. The zero-order valence-electron chi connectivity index (χ0n) is 16.2. The largest absolute Gasteiger partial charge is 0.393 e. The van der Waals surface area contributed by atoms with Gasteiger partial charge < -0.3 is 19.4 Å². The molecule has 4 rings (SSSR count). The number of piperidine rings is 2. The minimum absolute atomic E-state index is 0.00480. The van der Waals surface area contributed by atoms with E-state index in [1.807, 2.05) is 4.90 Å². The molecule has 0 bridgehead atoms. The summed E-state index contributed by atoms with van der Waals surface area (Å²) >= 11 is 0. The molecule has 0 radical (unpaired) electrons. The molecule has 1 atom stereocenters. The van der Waals surface area contributed by atoms with Gasteiger partial charge in [-0.05, 0) is 57.5 Å². The zero-order valence-corrected chi connectivity index (χ0v) is 16.2. The molecule has 0 aromatic carbocycles. The van der Waals surface area contributed by atoms with Crippen LogP contribution in [-0.2, 0) is 6.54 Å². The van der Waals surface area contributed by atoms with E-state index in [1.165, 1.54) is 32.4 Å². The van der Waals surface area contributed by atoms with Crippen molar-refractivity contribution in [1.29, 1.82) is 0 Å². The van der Waals surface area contributed by atoms with Crippen molar-refractivity contribution in [2.45, 2.75) is 51.2 Å². The predicted molar refractivity (Wildman–Crippen MR) is 101 cm³/mol. The smallest absolute Gasteiger partial charge is 0.276 e. The molecule has 3 aliphatic rings. The molecule has 27 heavy (non-hydrogen) atoms. The third-order valence-corrected chi connectivity index (χ3v) is 6.24. The molecule has 1 amide bonds. The summed E-state index contributed by atoms with van der Waals surface area (Å²) in [6.07, 6.45) is 6.33. The molecule has 150 valence electrons. The standard InChI is InChI=1S/C20H32N4O3/c25-17-5-10-23(11-6-17)15-18-12-19(21-27-18)20(26)24-9-3-4-16(14-24)13-22-7-1-2-8-22/h12,16-17,25H,1-11,13-15H2/t16-/m1/s1. The number of aromatic nitrogens is 1. The summed E-state index contributed by atoms with van der Waals surface area (Å²) in [7, 11) is 0. The van der Waals surface area contributed by atoms with Gasteiger partial charge in [0.2, 0.25) is 0 Å². The van der Waals surface area contributed by atoms with Gasteiger partial charge in [0.15, 0.2) is 11.5 Å². The van der Waals surface area contributed by atoms with Gasteiger partial charge in [0.1, 0.15) is 0 Å². The molecule has 3 aliphatic heterocycles. The lowest BCUT2D eigenvalue weighted by atomic mass is 9.97. The number of hydrogen-bond donors (Lipinski definition) is 1. The summed E-state index contributed by atoms with van der Waals surface area (Å²) in [6.45, 7) is 7.57. The summed E-state index contributed by atoms with van der Waals surface area (Å²) in [5.74, 6) is 1.32. The molecule has 7 nitrogen and oxygen atoms in total. The highest BCUT2D eigenvalue weighted by atomic mass is 16.5. The first-order valence-electron chi connectivity index (χ1n) is 10.5. The summed E-state index contributed by atoms with van der Waals surface area (Å²) in [4.78, 5) is 19.6. The Bertz CT molecular complexity index is 620. The van der Waals surface area contributed by atoms with Gasteiger partial charge in [-0.15, -0.1) is 0 Å². The van der Waals surface area contributed by atoms with Crippen molar-refractivity contribution in [3.05, 3.63) is 17.5 Å². The van der Waals surface area contributed by atoms with E-state index in [0.29, 0.717) is 18.2 Å². The number of aliphatic hydroxyl groups excluding tert-OH is 1. The van der Waals surface area contributed by atoms with Crippen molar-refractivity contribution in [2.75, 3.05) is 45.8 Å². The quantitative estimate of drug-likeness (QED) is 0.841. The SMILES string of the molecule is O=C(c1cc(CN2CCC(O)CC2)on1)N1CCC[C@H](CN2CCCC2)C1. The van der Waals surface area contributed by atoms with E-state index in [2.05, 4.69) is 15.0 Å².